The highest BCUT2D eigenvalue weighted by atomic mass is 79.9. The van der Waals surface area contributed by atoms with Crippen LogP contribution in [0.5, 0.6) is 0 Å². The second-order valence-corrected chi connectivity index (χ2v) is 5.45. The van der Waals surface area contributed by atoms with Gasteiger partial charge >= 0.3 is 0 Å². The fourth-order valence-electron chi connectivity index (χ4n) is 1.71. The van der Waals surface area contributed by atoms with Crippen molar-refractivity contribution in [1.82, 2.24) is 4.90 Å². The third kappa shape index (κ3) is 2.32. The fraction of sp³-hybridized carbons (Fsp3) is 0.364. The minimum Gasteiger partial charge on any atom is -0.334 e. The molecule has 2 heterocycles. The minimum atomic E-state index is 0.123. The predicted molar refractivity (Wildman–Crippen MR) is 66.3 cm³/mol. The van der Waals surface area contributed by atoms with E-state index in [0.717, 1.165) is 34.3 Å². The van der Waals surface area contributed by atoms with Gasteiger partial charge in [-0.25, -0.2) is 0 Å². The molecule has 0 saturated carbocycles. The molecule has 1 aliphatic heterocycles. The van der Waals surface area contributed by atoms with Gasteiger partial charge in [0.25, 0.3) is 5.91 Å². The van der Waals surface area contributed by atoms with Gasteiger partial charge in [0, 0.05) is 17.6 Å². The van der Waals surface area contributed by atoms with Gasteiger partial charge < -0.3 is 4.90 Å². The summed E-state index contributed by atoms with van der Waals surface area (Å²) in [4.78, 5) is 14.8. The van der Waals surface area contributed by atoms with E-state index in [1.165, 1.54) is 11.3 Å². The molecule has 0 atom stereocenters. The molecule has 0 bridgehead atoms. The van der Waals surface area contributed by atoms with Crippen LogP contribution >= 0.6 is 27.3 Å². The maximum Gasteiger partial charge on any atom is 0.265 e. The summed E-state index contributed by atoms with van der Waals surface area (Å²) in [6, 6.07) is 1.91. The van der Waals surface area contributed by atoms with Crippen molar-refractivity contribution in [3.63, 3.8) is 0 Å². The van der Waals surface area contributed by atoms with E-state index in [9.17, 15) is 4.79 Å². The van der Waals surface area contributed by atoms with E-state index in [-0.39, 0.29) is 5.91 Å². The molecule has 80 valence electrons. The zero-order valence-electron chi connectivity index (χ0n) is 8.33. The molecule has 0 spiro atoms. The molecule has 0 N–H and O–H groups in total. The molecule has 0 unspecified atom stereocenters. The third-order valence-corrected chi connectivity index (χ3v) is 4.30. The number of rotatable bonds is 1. The van der Waals surface area contributed by atoms with Crippen LogP contribution in [-0.4, -0.2) is 23.9 Å². The number of carbonyl (C=O) groups excluding carboxylic acids is 1. The zero-order valence-corrected chi connectivity index (χ0v) is 10.7. The molecule has 0 radical (unpaired) electrons. The molecule has 0 aromatic carbocycles. The first kappa shape index (κ1) is 10.9. The largest absolute Gasteiger partial charge is 0.334 e. The molecule has 2 nitrogen and oxygen atoms in total. The van der Waals surface area contributed by atoms with Gasteiger partial charge in [-0.2, -0.15) is 0 Å². The zero-order chi connectivity index (χ0) is 10.8. The van der Waals surface area contributed by atoms with Gasteiger partial charge in [-0.3, -0.25) is 4.79 Å². The summed E-state index contributed by atoms with van der Waals surface area (Å²) in [5.74, 6) is 0.123. The van der Waals surface area contributed by atoms with E-state index in [2.05, 4.69) is 22.5 Å². The Hall–Kier alpha value is -0.610. The van der Waals surface area contributed by atoms with Crippen LogP contribution in [0, 0.1) is 0 Å². The molecule has 1 aliphatic rings. The number of nitrogens with zero attached hydrogens (tertiary/aromatic N) is 1. The number of carbonyl (C=O) groups is 1. The van der Waals surface area contributed by atoms with Gasteiger partial charge in [0.1, 0.15) is 4.88 Å². The van der Waals surface area contributed by atoms with E-state index in [0.29, 0.717) is 6.54 Å². The van der Waals surface area contributed by atoms with Crippen molar-refractivity contribution in [2.45, 2.75) is 12.8 Å². The molecule has 15 heavy (non-hydrogen) atoms. The summed E-state index contributed by atoms with van der Waals surface area (Å²) >= 11 is 4.87. The number of piperidine rings is 1. The Labute approximate surface area is 102 Å². The highest BCUT2D eigenvalue weighted by Gasteiger charge is 2.22. The van der Waals surface area contributed by atoms with Gasteiger partial charge in [-0.1, -0.05) is 12.2 Å². The topological polar surface area (TPSA) is 20.3 Å². The van der Waals surface area contributed by atoms with Crippen LogP contribution in [0.4, 0.5) is 0 Å². The second kappa shape index (κ2) is 4.49. The lowest BCUT2D eigenvalue weighted by Crippen LogP contribution is -2.36. The average Bonchev–Trinajstić information content (AvgIpc) is 2.63. The van der Waals surface area contributed by atoms with E-state index >= 15 is 0 Å². The number of halogens is 1. The summed E-state index contributed by atoms with van der Waals surface area (Å²) in [7, 11) is 0. The van der Waals surface area contributed by atoms with Crippen LogP contribution in [0.15, 0.2) is 28.1 Å². The van der Waals surface area contributed by atoms with Gasteiger partial charge in [0.15, 0.2) is 0 Å². The lowest BCUT2D eigenvalue weighted by atomic mass is 10.1. The van der Waals surface area contributed by atoms with Crippen LogP contribution in [0.3, 0.4) is 0 Å². The van der Waals surface area contributed by atoms with Crippen LogP contribution in [0.2, 0.25) is 0 Å². The van der Waals surface area contributed by atoms with Gasteiger partial charge in [0.2, 0.25) is 0 Å². The van der Waals surface area contributed by atoms with Gasteiger partial charge in [-0.15, -0.1) is 11.3 Å². The number of amides is 1. The maximum absolute atomic E-state index is 12.1. The lowest BCUT2D eigenvalue weighted by molar-refractivity contribution is 0.0756. The lowest BCUT2D eigenvalue weighted by Gasteiger charge is -2.27. The summed E-state index contributed by atoms with van der Waals surface area (Å²) in [5.41, 5.74) is 1.15. The summed E-state index contributed by atoms with van der Waals surface area (Å²) in [6.45, 7) is 5.51. The quantitative estimate of drug-likeness (QED) is 0.725. The molecule has 1 aromatic heterocycles. The normalized spacial score (nSPS) is 16.9. The van der Waals surface area contributed by atoms with Crippen molar-refractivity contribution in [3.8, 4) is 0 Å². The van der Waals surface area contributed by atoms with Gasteiger partial charge in [0.05, 0.1) is 0 Å². The number of hydrogen-bond donors (Lipinski definition) is 0. The number of hydrogen-bond acceptors (Lipinski definition) is 2. The van der Waals surface area contributed by atoms with E-state index in [1.54, 1.807) is 0 Å². The molecule has 1 fully saturated rings. The van der Waals surface area contributed by atoms with Crippen molar-refractivity contribution in [2.75, 3.05) is 13.1 Å². The van der Waals surface area contributed by atoms with E-state index < -0.39 is 0 Å². The molecular weight excluding hydrogens is 274 g/mol. The first-order chi connectivity index (χ1) is 7.18. The van der Waals surface area contributed by atoms with Crippen molar-refractivity contribution in [3.05, 3.63) is 32.9 Å². The number of likely N-dealkylation sites (tertiary alicyclic amines) is 1. The number of thiophene rings is 1. The van der Waals surface area contributed by atoms with Crippen molar-refractivity contribution >= 4 is 33.2 Å². The molecule has 1 aromatic rings. The Bertz CT molecular complexity index is 399. The third-order valence-electron chi connectivity index (χ3n) is 2.47. The van der Waals surface area contributed by atoms with Gasteiger partial charge in [-0.05, 0) is 40.2 Å². The summed E-state index contributed by atoms with van der Waals surface area (Å²) in [5, 5.41) is 1.93. The smallest absolute Gasteiger partial charge is 0.265 e. The first-order valence-corrected chi connectivity index (χ1v) is 6.54. The standard InChI is InChI=1S/C11H12BrNOS/c1-8-3-2-5-13(7-8)11(14)10-9(12)4-6-15-10/h4,6H,1-3,5,7H2. The monoisotopic (exact) mass is 285 g/mol. The maximum atomic E-state index is 12.1. The molecule has 2 rings (SSSR count). The Morgan fingerprint density at radius 2 is 2.40 bits per heavy atom. The highest BCUT2D eigenvalue weighted by molar-refractivity contribution is 9.10. The van der Waals surface area contributed by atoms with E-state index in [1.807, 2.05) is 16.3 Å². The van der Waals surface area contributed by atoms with E-state index in [4.69, 9.17) is 0 Å². The summed E-state index contributed by atoms with van der Waals surface area (Å²) in [6.07, 6.45) is 2.09. The summed E-state index contributed by atoms with van der Waals surface area (Å²) < 4.78 is 0.897. The van der Waals surface area contributed by atoms with Crippen molar-refractivity contribution < 1.29 is 4.79 Å². The SMILES string of the molecule is C=C1CCCN(C(=O)c2sccc2Br)C1. The van der Waals surface area contributed by atoms with Crippen LogP contribution in [0.25, 0.3) is 0 Å². The molecular formula is C11H12BrNOS. The van der Waals surface area contributed by atoms with Crippen LogP contribution < -0.4 is 0 Å². The van der Waals surface area contributed by atoms with Crippen molar-refractivity contribution in [2.24, 2.45) is 0 Å². The Morgan fingerprint density at radius 3 is 3.00 bits per heavy atom. The molecule has 1 saturated heterocycles. The average molecular weight is 286 g/mol. The molecule has 4 heteroatoms. The predicted octanol–water partition coefficient (Wildman–Crippen LogP) is 3.30. The Balaban J connectivity index is 2.14. The fourth-order valence-corrected chi connectivity index (χ4v) is 3.22. The highest BCUT2D eigenvalue weighted by Crippen LogP contribution is 2.26. The Kier molecular flexibility index (Phi) is 3.26. The van der Waals surface area contributed by atoms with Crippen molar-refractivity contribution in [1.29, 1.82) is 0 Å². The molecule has 1 amide bonds. The minimum absolute atomic E-state index is 0.123. The van der Waals surface area contributed by atoms with Crippen LogP contribution in [0.1, 0.15) is 22.5 Å². The Morgan fingerprint density at radius 1 is 1.60 bits per heavy atom. The second-order valence-electron chi connectivity index (χ2n) is 3.68. The van der Waals surface area contributed by atoms with Crippen LogP contribution in [-0.2, 0) is 0 Å². The first-order valence-electron chi connectivity index (χ1n) is 4.87. The molecule has 0 aliphatic carbocycles.